The lowest BCUT2D eigenvalue weighted by atomic mass is 9.80. The molecule has 0 aliphatic carbocycles. The van der Waals surface area contributed by atoms with Gasteiger partial charge in [-0.1, -0.05) is 164 Å². The van der Waals surface area contributed by atoms with Gasteiger partial charge in [-0.2, -0.15) is 0 Å². The van der Waals surface area contributed by atoms with E-state index in [2.05, 4.69) is 0 Å². The van der Waals surface area contributed by atoms with Crippen molar-refractivity contribution in [3.05, 3.63) is 251 Å². The highest BCUT2D eigenvalue weighted by atomic mass is 16.8. The molecule has 3 aliphatic rings. The average Bonchev–Trinajstić information content (AvgIpc) is 0.761. The fraction of sp³-hybridized carbons (Fsp3) is 0.329. The first kappa shape index (κ1) is 73.2. The molecule has 3 aliphatic heterocycles. The highest BCUT2D eigenvalue weighted by Crippen LogP contribution is 2.43. The lowest BCUT2D eigenvalue weighted by molar-refractivity contribution is -0.363. The van der Waals surface area contributed by atoms with Crippen LogP contribution in [-0.2, 0) is 105 Å². The van der Waals surface area contributed by atoms with Gasteiger partial charge in [-0.3, -0.25) is 24.0 Å². The molecular formula is C76H74O25. The number of carbonyl (C=O) groups excluding carboxylic acids is 9. The second kappa shape index (κ2) is 34.5. The van der Waals surface area contributed by atoms with Crippen LogP contribution in [-0.4, -0.2) is 173 Å². The van der Waals surface area contributed by atoms with Gasteiger partial charge in [0.2, 0.25) is 0 Å². The SMILES string of the molecule is CO[C@H]1O[C@H](CO[C@H]2O[C@H](COC(c3ccccc3)(c3ccccc3)c3ccccc3)[C@@H](OC(C)=O)[C@H](OC(C)=O)[C@@H]2OC(C)=O)[C@@H](OC(C)=O)[C@H](O[C@H]2O[C@H](COC(=O)c3ccccc3)[C@@H](OC(=O)c3ccccc3)[C@H](OC(=O)c3ccccc3)[C@@H]2OC(=O)c2ccccc2)[C@@H]1OC(C)=O. The summed E-state index contributed by atoms with van der Waals surface area (Å²) in [5.74, 6) is -8.65. The Bertz CT molecular complexity index is 3830. The normalized spacial score (nSPS) is 24.8. The first-order valence-corrected chi connectivity index (χ1v) is 32.2. The third-order valence-corrected chi connectivity index (χ3v) is 16.4. The highest BCUT2D eigenvalue weighted by molar-refractivity contribution is 5.92. The Morgan fingerprint density at radius 2 is 0.594 bits per heavy atom. The molecule has 0 saturated carbocycles. The maximum absolute atomic E-state index is 14.7. The Morgan fingerprint density at radius 3 is 1.01 bits per heavy atom. The minimum Gasteiger partial charge on any atom is -0.459 e. The first-order valence-electron chi connectivity index (χ1n) is 32.2. The minimum atomic E-state index is -2.13. The average molecular weight is 1390 g/mol. The van der Waals surface area contributed by atoms with Crippen molar-refractivity contribution in [1.29, 1.82) is 0 Å². The Kier molecular flexibility index (Phi) is 25.0. The van der Waals surface area contributed by atoms with Crippen molar-refractivity contribution in [3.63, 3.8) is 0 Å². The molecule has 0 spiro atoms. The summed E-state index contributed by atoms with van der Waals surface area (Å²) < 4.78 is 101. The smallest absolute Gasteiger partial charge is 0.338 e. The second-order valence-electron chi connectivity index (χ2n) is 23.4. The molecule has 25 heteroatoms. The minimum absolute atomic E-state index is 0.00960. The summed E-state index contributed by atoms with van der Waals surface area (Å²) >= 11 is 0. The van der Waals surface area contributed by atoms with Gasteiger partial charge in [0.15, 0.2) is 67.7 Å². The highest BCUT2D eigenvalue weighted by Gasteiger charge is 2.60. The molecule has 0 N–H and O–H groups in total. The maximum atomic E-state index is 14.7. The summed E-state index contributed by atoms with van der Waals surface area (Å²) in [6, 6.07) is 58.4. The Morgan fingerprint density at radius 1 is 0.307 bits per heavy atom. The molecule has 0 radical (unpaired) electrons. The topological polar surface area (TPSA) is 301 Å². The third-order valence-electron chi connectivity index (χ3n) is 16.4. The summed E-state index contributed by atoms with van der Waals surface area (Å²) in [6.07, 6.45) is -27.0. The molecule has 3 heterocycles. The van der Waals surface area contributed by atoms with Crippen LogP contribution in [0.4, 0.5) is 0 Å². The lowest BCUT2D eigenvalue weighted by Crippen LogP contribution is -2.67. The molecule has 7 aromatic carbocycles. The van der Waals surface area contributed by atoms with E-state index in [9.17, 15) is 43.2 Å². The lowest BCUT2D eigenvalue weighted by Gasteiger charge is -2.49. The van der Waals surface area contributed by atoms with E-state index >= 15 is 0 Å². The molecule has 3 saturated heterocycles. The van der Waals surface area contributed by atoms with E-state index in [4.69, 9.17) is 75.8 Å². The molecule has 7 aromatic rings. The van der Waals surface area contributed by atoms with Crippen LogP contribution >= 0.6 is 0 Å². The monoisotopic (exact) mass is 1390 g/mol. The predicted octanol–water partition coefficient (Wildman–Crippen LogP) is 8.41. The molecular weight excluding hydrogens is 1310 g/mol. The van der Waals surface area contributed by atoms with Crippen molar-refractivity contribution >= 4 is 53.7 Å². The van der Waals surface area contributed by atoms with Crippen molar-refractivity contribution in [3.8, 4) is 0 Å². The van der Waals surface area contributed by atoms with E-state index in [1.807, 2.05) is 91.0 Å². The molecule has 0 unspecified atom stereocenters. The first-order chi connectivity index (χ1) is 48.8. The number of rotatable bonds is 26. The Labute approximate surface area is 580 Å². The number of hydrogen-bond acceptors (Lipinski definition) is 25. The fourth-order valence-electron chi connectivity index (χ4n) is 12.1. The molecule has 0 amide bonds. The number of hydrogen-bond donors (Lipinski definition) is 0. The van der Waals surface area contributed by atoms with Crippen LogP contribution in [0.15, 0.2) is 212 Å². The standard InChI is InChI=1S/C76H74O25/c1-45(77)90-60-58(43-88-74-67(94-49(5)81)63(92-47(3)79)61(91-46(2)78)59(96-74)44-89-76(54-36-22-11-23-37-54,55-38-24-12-25-39-55)56-40-26-13-27-41-56)95-73(86-6)66(93-48(4)80)65(60)101-75-68(100-72(85)53-34-20-10-21-35-53)64(99-71(84)52-32-18-9-19-33-52)62(98-70(83)51-30-16-8-17-31-51)57(97-75)42-87-69(82)50-28-14-7-15-29-50/h7-41,57-68,73-75H,42-44H2,1-6H3/t57-,58-,59-,60-,61-,62-,63+,64+,65+,66+,67+,68+,73+,74+,75-/m1/s1. The molecule has 10 rings (SSSR count). The number of methoxy groups -OCH3 is 1. The van der Waals surface area contributed by atoms with E-state index in [-0.39, 0.29) is 22.3 Å². The van der Waals surface area contributed by atoms with Gasteiger partial charge >= 0.3 is 53.7 Å². The number of benzene rings is 7. The zero-order chi connectivity index (χ0) is 71.6. The van der Waals surface area contributed by atoms with Crippen LogP contribution in [0.3, 0.4) is 0 Å². The van der Waals surface area contributed by atoms with Crippen molar-refractivity contribution in [2.45, 2.75) is 132 Å². The van der Waals surface area contributed by atoms with Gasteiger partial charge < -0.3 is 75.8 Å². The molecule has 528 valence electrons. The van der Waals surface area contributed by atoms with Crippen LogP contribution in [0.25, 0.3) is 0 Å². The Hall–Kier alpha value is -10.5. The zero-order valence-corrected chi connectivity index (χ0v) is 55.7. The predicted molar refractivity (Wildman–Crippen MR) is 350 cm³/mol. The van der Waals surface area contributed by atoms with Crippen LogP contribution in [0.1, 0.15) is 92.7 Å². The van der Waals surface area contributed by atoms with Gasteiger partial charge in [-0.15, -0.1) is 0 Å². The van der Waals surface area contributed by atoms with Gasteiger partial charge in [-0.05, 0) is 65.2 Å². The van der Waals surface area contributed by atoms with Crippen LogP contribution in [0.5, 0.6) is 0 Å². The van der Waals surface area contributed by atoms with Gasteiger partial charge in [0, 0.05) is 41.7 Å². The summed E-state index contributed by atoms with van der Waals surface area (Å²) in [5, 5.41) is 0. The largest absolute Gasteiger partial charge is 0.459 e. The Balaban J connectivity index is 1.07. The summed E-state index contributed by atoms with van der Waals surface area (Å²) in [6.45, 7) is 3.28. The van der Waals surface area contributed by atoms with E-state index in [0.717, 1.165) is 34.6 Å². The summed E-state index contributed by atoms with van der Waals surface area (Å²) in [5.41, 5.74) is 0.605. The molecule has 0 aromatic heterocycles. The summed E-state index contributed by atoms with van der Waals surface area (Å²) in [7, 11) is 1.18. The van der Waals surface area contributed by atoms with Gasteiger partial charge in [0.1, 0.15) is 36.6 Å². The molecule has 15 atom stereocenters. The molecule has 25 nitrogen and oxygen atoms in total. The van der Waals surface area contributed by atoms with Crippen molar-refractivity contribution in [1.82, 2.24) is 0 Å². The molecule has 3 fully saturated rings. The van der Waals surface area contributed by atoms with Gasteiger partial charge in [-0.25, -0.2) is 19.2 Å². The van der Waals surface area contributed by atoms with E-state index in [1.165, 1.54) is 55.6 Å². The molecule has 0 bridgehead atoms. The second-order valence-corrected chi connectivity index (χ2v) is 23.4. The van der Waals surface area contributed by atoms with E-state index in [0.29, 0.717) is 16.7 Å². The van der Waals surface area contributed by atoms with E-state index < -0.39 is 171 Å². The number of carbonyl (C=O) groups is 9. The quantitative estimate of drug-likeness (QED) is 0.0279. The van der Waals surface area contributed by atoms with Crippen LogP contribution < -0.4 is 0 Å². The maximum Gasteiger partial charge on any atom is 0.338 e. The summed E-state index contributed by atoms with van der Waals surface area (Å²) in [4.78, 5) is 125. The van der Waals surface area contributed by atoms with E-state index in [1.54, 1.807) is 72.8 Å². The zero-order valence-electron chi connectivity index (χ0n) is 55.7. The molecule has 101 heavy (non-hydrogen) atoms. The van der Waals surface area contributed by atoms with Crippen molar-refractivity contribution < 1.29 is 119 Å². The number of esters is 9. The van der Waals surface area contributed by atoms with Crippen LogP contribution in [0.2, 0.25) is 0 Å². The van der Waals surface area contributed by atoms with Crippen molar-refractivity contribution in [2.24, 2.45) is 0 Å². The van der Waals surface area contributed by atoms with Crippen molar-refractivity contribution in [2.75, 3.05) is 26.9 Å². The van der Waals surface area contributed by atoms with Gasteiger partial charge in [0.05, 0.1) is 35.5 Å². The fourth-order valence-corrected chi connectivity index (χ4v) is 12.1. The van der Waals surface area contributed by atoms with Crippen LogP contribution in [0, 0.1) is 0 Å². The number of ether oxygens (including phenoxy) is 16. The third kappa shape index (κ3) is 18.3. The van der Waals surface area contributed by atoms with Gasteiger partial charge in [0.25, 0.3) is 0 Å².